The van der Waals surface area contributed by atoms with E-state index in [9.17, 15) is 4.79 Å². The molecule has 0 spiro atoms. The molecule has 0 radical (unpaired) electrons. The molecule has 2 aromatic rings. The molecule has 100 valence electrons. The summed E-state index contributed by atoms with van der Waals surface area (Å²) in [5, 5.41) is 4.74. The van der Waals surface area contributed by atoms with Gasteiger partial charge in [-0.25, -0.2) is 9.97 Å². The summed E-state index contributed by atoms with van der Waals surface area (Å²) in [6.45, 7) is 2.71. The molecule has 0 aliphatic carbocycles. The number of rotatable bonds is 5. The van der Waals surface area contributed by atoms with E-state index in [2.05, 4.69) is 22.2 Å². The zero-order valence-corrected chi connectivity index (χ0v) is 11.5. The predicted molar refractivity (Wildman–Crippen MR) is 77.0 cm³/mol. The van der Waals surface area contributed by atoms with Crippen molar-refractivity contribution in [2.75, 3.05) is 12.3 Å². The molecule has 2 aromatic heterocycles. The van der Waals surface area contributed by atoms with Gasteiger partial charge in [0.15, 0.2) is 5.82 Å². The molecule has 1 amide bonds. The zero-order chi connectivity index (χ0) is 13.7. The van der Waals surface area contributed by atoms with Gasteiger partial charge in [0.1, 0.15) is 5.82 Å². The average molecular weight is 276 g/mol. The Kier molecular flexibility index (Phi) is 4.46. The first-order valence-electron chi connectivity index (χ1n) is 6.17. The zero-order valence-electron chi connectivity index (χ0n) is 10.7. The maximum absolute atomic E-state index is 11.9. The lowest BCUT2D eigenvalue weighted by Gasteiger charge is -2.06. The van der Waals surface area contributed by atoms with Crippen molar-refractivity contribution < 1.29 is 4.79 Å². The molecule has 2 heterocycles. The summed E-state index contributed by atoms with van der Waals surface area (Å²) < 4.78 is 0. The van der Waals surface area contributed by atoms with E-state index >= 15 is 0 Å². The molecular weight excluding hydrogens is 260 g/mol. The highest BCUT2D eigenvalue weighted by Gasteiger charge is 2.13. The van der Waals surface area contributed by atoms with Crippen molar-refractivity contribution in [2.24, 2.45) is 0 Å². The summed E-state index contributed by atoms with van der Waals surface area (Å²) >= 11 is 1.53. The number of nitrogens with two attached hydrogens (primary N) is 1. The first kappa shape index (κ1) is 13.5. The highest BCUT2D eigenvalue weighted by molar-refractivity contribution is 7.13. The van der Waals surface area contributed by atoms with Crippen LogP contribution in [0.5, 0.6) is 0 Å². The number of aromatic nitrogens is 2. The van der Waals surface area contributed by atoms with Crippen LogP contribution in [0.25, 0.3) is 10.7 Å². The van der Waals surface area contributed by atoms with Crippen LogP contribution in [0, 0.1) is 0 Å². The number of nitrogen functional groups attached to an aromatic ring is 1. The van der Waals surface area contributed by atoms with E-state index in [0.29, 0.717) is 17.9 Å². The molecule has 0 aromatic carbocycles. The monoisotopic (exact) mass is 276 g/mol. The van der Waals surface area contributed by atoms with Gasteiger partial charge in [0.05, 0.1) is 10.4 Å². The number of thiophene rings is 1. The Balaban J connectivity index is 2.13. The largest absolute Gasteiger partial charge is 0.383 e. The number of hydrogen-bond donors (Lipinski definition) is 2. The Bertz CT molecular complexity index is 554. The molecule has 0 unspecified atom stereocenters. The van der Waals surface area contributed by atoms with Gasteiger partial charge in [0.25, 0.3) is 5.91 Å². The molecule has 3 N–H and O–H groups in total. The van der Waals surface area contributed by atoms with Crippen LogP contribution in [-0.2, 0) is 0 Å². The van der Waals surface area contributed by atoms with Gasteiger partial charge in [0.2, 0.25) is 0 Å². The summed E-state index contributed by atoms with van der Waals surface area (Å²) in [4.78, 5) is 21.2. The molecule has 0 aliphatic heterocycles. The molecule has 0 fully saturated rings. The number of anilines is 1. The quantitative estimate of drug-likeness (QED) is 0.821. The van der Waals surface area contributed by atoms with Gasteiger partial charge in [-0.3, -0.25) is 4.79 Å². The summed E-state index contributed by atoms with van der Waals surface area (Å²) in [6.07, 6.45) is 3.46. The van der Waals surface area contributed by atoms with E-state index in [0.717, 1.165) is 17.7 Å². The van der Waals surface area contributed by atoms with Crippen molar-refractivity contribution >= 4 is 23.1 Å². The molecule has 0 saturated carbocycles. The van der Waals surface area contributed by atoms with E-state index in [1.807, 2.05) is 17.5 Å². The van der Waals surface area contributed by atoms with E-state index in [1.165, 1.54) is 17.5 Å². The Hall–Kier alpha value is -1.95. The third-order valence-corrected chi connectivity index (χ3v) is 3.49. The second-order valence-electron chi connectivity index (χ2n) is 4.08. The Morgan fingerprint density at radius 1 is 1.53 bits per heavy atom. The molecule has 0 atom stereocenters. The van der Waals surface area contributed by atoms with Crippen molar-refractivity contribution in [3.63, 3.8) is 0 Å². The van der Waals surface area contributed by atoms with Crippen LogP contribution in [0.1, 0.15) is 30.1 Å². The SMILES string of the molecule is CCCCNC(=O)c1cnc(-c2cccs2)nc1N. The van der Waals surface area contributed by atoms with Crippen molar-refractivity contribution in [2.45, 2.75) is 19.8 Å². The third-order valence-electron chi connectivity index (χ3n) is 2.62. The van der Waals surface area contributed by atoms with Gasteiger partial charge in [-0.15, -0.1) is 11.3 Å². The number of amides is 1. The van der Waals surface area contributed by atoms with Crippen LogP contribution in [0.3, 0.4) is 0 Å². The number of carbonyl (C=O) groups excluding carboxylic acids is 1. The third kappa shape index (κ3) is 3.29. The number of hydrogen-bond acceptors (Lipinski definition) is 5. The minimum Gasteiger partial charge on any atom is -0.383 e. The summed E-state index contributed by atoms with van der Waals surface area (Å²) in [5.74, 6) is 0.550. The lowest BCUT2D eigenvalue weighted by molar-refractivity contribution is 0.0953. The van der Waals surface area contributed by atoms with Crippen LogP contribution < -0.4 is 11.1 Å². The van der Waals surface area contributed by atoms with Gasteiger partial charge in [-0.05, 0) is 17.9 Å². The fourth-order valence-electron chi connectivity index (χ4n) is 1.57. The van der Waals surface area contributed by atoms with E-state index in [-0.39, 0.29) is 11.7 Å². The van der Waals surface area contributed by atoms with Gasteiger partial charge in [0, 0.05) is 12.7 Å². The van der Waals surface area contributed by atoms with Crippen molar-refractivity contribution in [1.82, 2.24) is 15.3 Å². The highest BCUT2D eigenvalue weighted by Crippen LogP contribution is 2.22. The van der Waals surface area contributed by atoms with Gasteiger partial charge < -0.3 is 11.1 Å². The molecule has 0 saturated heterocycles. The van der Waals surface area contributed by atoms with Gasteiger partial charge in [-0.1, -0.05) is 19.4 Å². The molecule has 0 bridgehead atoms. The number of unbranched alkanes of at least 4 members (excludes halogenated alkanes) is 1. The van der Waals surface area contributed by atoms with Crippen LogP contribution >= 0.6 is 11.3 Å². The smallest absolute Gasteiger partial charge is 0.256 e. The molecule has 0 aliphatic rings. The molecular formula is C13H16N4OS. The topological polar surface area (TPSA) is 80.9 Å². The Labute approximate surface area is 115 Å². The predicted octanol–water partition coefficient (Wildman–Crippen LogP) is 2.32. The van der Waals surface area contributed by atoms with Gasteiger partial charge in [-0.2, -0.15) is 0 Å². The standard InChI is InChI=1S/C13H16N4OS/c1-2-3-6-15-13(18)9-8-16-12(17-11(9)14)10-5-4-7-19-10/h4-5,7-8H,2-3,6H2,1H3,(H,15,18)(H2,14,16,17). The lowest BCUT2D eigenvalue weighted by Crippen LogP contribution is -2.25. The molecule has 19 heavy (non-hydrogen) atoms. The maximum Gasteiger partial charge on any atom is 0.256 e. The van der Waals surface area contributed by atoms with E-state index in [4.69, 9.17) is 5.73 Å². The van der Waals surface area contributed by atoms with E-state index in [1.54, 1.807) is 0 Å². The summed E-state index contributed by atoms with van der Waals surface area (Å²) in [5.41, 5.74) is 6.16. The number of carbonyl (C=O) groups is 1. The fourth-order valence-corrected chi connectivity index (χ4v) is 2.23. The second kappa shape index (κ2) is 6.29. The molecule has 2 rings (SSSR count). The fraction of sp³-hybridized carbons (Fsp3) is 0.308. The highest BCUT2D eigenvalue weighted by atomic mass is 32.1. The average Bonchev–Trinajstić information content (AvgIpc) is 2.92. The van der Waals surface area contributed by atoms with Crippen LogP contribution in [0.15, 0.2) is 23.7 Å². The molecule has 6 heteroatoms. The minimum atomic E-state index is -0.219. The van der Waals surface area contributed by atoms with E-state index < -0.39 is 0 Å². The van der Waals surface area contributed by atoms with Crippen LogP contribution in [0.4, 0.5) is 5.82 Å². The summed E-state index contributed by atoms with van der Waals surface area (Å²) in [6, 6.07) is 3.84. The molecule has 5 nitrogen and oxygen atoms in total. The Morgan fingerprint density at radius 3 is 3.00 bits per heavy atom. The van der Waals surface area contributed by atoms with Crippen molar-refractivity contribution in [3.05, 3.63) is 29.3 Å². The summed E-state index contributed by atoms with van der Waals surface area (Å²) in [7, 11) is 0. The first-order chi connectivity index (χ1) is 9.22. The second-order valence-corrected chi connectivity index (χ2v) is 5.03. The van der Waals surface area contributed by atoms with Crippen molar-refractivity contribution in [1.29, 1.82) is 0 Å². The lowest BCUT2D eigenvalue weighted by atomic mass is 10.2. The normalized spacial score (nSPS) is 10.4. The maximum atomic E-state index is 11.9. The van der Waals surface area contributed by atoms with Crippen LogP contribution in [0.2, 0.25) is 0 Å². The van der Waals surface area contributed by atoms with Gasteiger partial charge >= 0.3 is 0 Å². The van der Waals surface area contributed by atoms with Crippen molar-refractivity contribution in [3.8, 4) is 10.7 Å². The minimum absolute atomic E-state index is 0.215. The first-order valence-corrected chi connectivity index (χ1v) is 7.05. The number of nitrogens with zero attached hydrogens (tertiary/aromatic N) is 2. The van der Waals surface area contributed by atoms with Crippen LogP contribution in [-0.4, -0.2) is 22.4 Å². The Morgan fingerprint density at radius 2 is 2.37 bits per heavy atom. The number of nitrogens with one attached hydrogen (secondary N) is 1.